The standard InChI is InChI=1S/C14H23BrN2O/c1-17(8-4-10-18-2)9-7-14(16)12-5-3-6-13(15)11-12/h3,5-6,11,14H,4,7-10,16H2,1-2H3. The van der Waals surface area contributed by atoms with Crippen LogP contribution in [0, 0.1) is 0 Å². The fourth-order valence-electron chi connectivity index (χ4n) is 1.85. The molecule has 1 atom stereocenters. The number of halogens is 1. The predicted molar refractivity (Wildman–Crippen MR) is 79.7 cm³/mol. The third-order valence-corrected chi connectivity index (χ3v) is 3.48. The van der Waals surface area contributed by atoms with Gasteiger partial charge in [-0.15, -0.1) is 0 Å². The molecule has 102 valence electrons. The molecule has 1 unspecified atom stereocenters. The summed E-state index contributed by atoms with van der Waals surface area (Å²) in [6.45, 7) is 2.89. The lowest BCUT2D eigenvalue weighted by Crippen LogP contribution is -2.25. The molecular formula is C14H23BrN2O. The minimum Gasteiger partial charge on any atom is -0.385 e. The van der Waals surface area contributed by atoms with E-state index in [1.807, 2.05) is 12.1 Å². The van der Waals surface area contributed by atoms with Crippen LogP contribution >= 0.6 is 15.9 Å². The molecule has 18 heavy (non-hydrogen) atoms. The van der Waals surface area contributed by atoms with Crippen LogP contribution < -0.4 is 5.73 Å². The van der Waals surface area contributed by atoms with Crippen LogP contribution in [0.4, 0.5) is 0 Å². The van der Waals surface area contributed by atoms with Crippen molar-refractivity contribution < 1.29 is 4.74 Å². The van der Waals surface area contributed by atoms with Gasteiger partial charge in [-0.2, -0.15) is 0 Å². The summed E-state index contributed by atoms with van der Waals surface area (Å²) in [6.07, 6.45) is 2.04. The van der Waals surface area contributed by atoms with Crippen molar-refractivity contribution in [3.8, 4) is 0 Å². The van der Waals surface area contributed by atoms with Gasteiger partial charge in [0.05, 0.1) is 0 Å². The zero-order valence-electron chi connectivity index (χ0n) is 11.2. The van der Waals surface area contributed by atoms with Crippen molar-refractivity contribution in [3.63, 3.8) is 0 Å². The van der Waals surface area contributed by atoms with E-state index >= 15 is 0 Å². The highest BCUT2D eigenvalue weighted by Gasteiger charge is 2.07. The molecule has 0 aliphatic carbocycles. The van der Waals surface area contributed by atoms with Crippen LogP contribution in [0.3, 0.4) is 0 Å². The number of hydrogen-bond acceptors (Lipinski definition) is 3. The number of nitrogens with zero attached hydrogens (tertiary/aromatic N) is 1. The lowest BCUT2D eigenvalue weighted by Gasteiger charge is -2.19. The van der Waals surface area contributed by atoms with Crippen molar-refractivity contribution >= 4 is 15.9 Å². The lowest BCUT2D eigenvalue weighted by atomic mass is 10.0. The molecule has 0 aromatic heterocycles. The van der Waals surface area contributed by atoms with E-state index in [1.165, 1.54) is 5.56 Å². The Bertz CT molecular complexity index is 346. The lowest BCUT2D eigenvalue weighted by molar-refractivity contribution is 0.178. The first-order valence-electron chi connectivity index (χ1n) is 6.32. The average molecular weight is 315 g/mol. The van der Waals surface area contributed by atoms with Crippen LogP contribution in [0.25, 0.3) is 0 Å². The molecular weight excluding hydrogens is 292 g/mol. The molecule has 0 radical (unpaired) electrons. The molecule has 0 fully saturated rings. The molecule has 0 heterocycles. The second-order valence-electron chi connectivity index (χ2n) is 4.60. The van der Waals surface area contributed by atoms with Gasteiger partial charge in [-0.25, -0.2) is 0 Å². The molecule has 0 amide bonds. The zero-order valence-corrected chi connectivity index (χ0v) is 12.8. The second kappa shape index (κ2) is 8.64. The van der Waals surface area contributed by atoms with Gasteiger partial charge in [0.15, 0.2) is 0 Å². The van der Waals surface area contributed by atoms with Gasteiger partial charge >= 0.3 is 0 Å². The summed E-state index contributed by atoms with van der Waals surface area (Å²) < 4.78 is 6.13. The Morgan fingerprint density at radius 3 is 2.83 bits per heavy atom. The molecule has 4 heteroatoms. The van der Waals surface area contributed by atoms with Gasteiger partial charge in [0.1, 0.15) is 0 Å². The highest BCUT2D eigenvalue weighted by Crippen LogP contribution is 2.18. The SMILES string of the molecule is COCCCN(C)CCC(N)c1cccc(Br)c1. The maximum Gasteiger partial charge on any atom is 0.0474 e. The maximum atomic E-state index is 6.19. The number of ether oxygens (including phenoxy) is 1. The van der Waals surface area contributed by atoms with Crippen molar-refractivity contribution in [2.24, 2.45) is 5.73 Å². The van der Waals surface area contributed by atoms with Gasteiger partial charge in [-0.3, -0.25) is 0 Å². The Balaban J connectivity index is 2.30. The highest BCUT2D eigenvalue weighted by molar-refractivity contribution is 9.10. The first-order valence-corrected chi connectivity index (χ1v) is 7.11. The molecule has 0 saturated carbocycles. The van der Waals surface area contributed by atoms with E-state index in [0.29, 0.717) is 0 Å². The third kappa shape index (κ3) is 5.96. The largest absolute Gasteiger partial charge is 0.385 e. The van der Waals surface area contributed by atoms with Crippen LogP contribution in [0.1, 0.15) is 24.4 Å². The summed E-state index contributed by atoms with van der Waals surface area (Å²) in [7, 11) is 3.87. The van der Waals surface area contributed by atoms with E-state index in [1.54, 1.807) is 7.11 Å². The van der Waals surface area contributed by atoms with Gasteiger partial charge in [-0.1, -0.05) is 28.1 Å². The fraction of sp³-hybridized carbons (Fsp3) is 0.571. The fourth-order valence-corrected chi connectivity index (χ4v) is 2.27. The quantitative estimate of drug-likeness (QED) is 0.750. The molecule has 0 aliphatic rings. The number of rotatable bonds is 8. The number of nitrogens with two attached hydrogens (primary N) is 1. The Hall–Kier alpha value is -0.420. The zero-order chi connectivity index (χ0) is 13.4. The summed E-state index contributed by atoms with van der Waals surface area (Å²) in [5.74, 6) is 0. The molecule has 1 rings (SSSR count). The minimum atomic E-state index is 0.104. The van der Waals surface area contributed by atoms with Crippen LogP contribution in [-0.4, -0.2) is 38.8 Å². The van der Waals surface area contributed by atoms with E-state index in [-0.39, 0.29) is 6.04 Å². The van der Waals surface area contributed by atoms with E-state index < -0.39 is 0 Å². The first-order chi connectivity index (χ1) is 8.63. The first kappa shape index (κ1) is 15.6. The second-order valence-corrected chi connectivity index (χ2v) is 5.52. The van der Waals surface area contributed by atoms with Crippen LogP contribution in [0.2, 0.25) is 0 Å². The molecule has 1 aromatic rings. The van der Waals surface area contributed by atoms with E-state index in [4.69, 9.17) is 10.5 Å². The highest BCUT2D eigenvalue weighted by atomic mass is 79.9. The van der Waals surface area contributed by atoms with Crippen molar-refractivity contribution in [2.45, 2.75) is 18.9 Å². The van der Waals surface area contributed by atoms with Crippen molar-refractivity contribution in [2.75, 3.05) is 33.9 Å². The van der Waals surface area contributed by atoms with Crippen LogP contribution in [0.5, 0.6) is 0 Å². The van der Waals surface area contributed by atoms with Crippen LogP contribution in [0.15, 0.2) is 28.7 Å². The topological polar surface area (TPSA) is 38.5 Å². The van der Waals surface area contributed by atoms with Gasteiger partial charge < -0.3 is 15.4 Å². The Labute approximate surface area is 118 Å². The molecule has 0 aliphatic heterocycles. The summed E-state index contributed by atoms with van der Waals surface area (Å²) in [6, 6.07) is 8.33. The monoisotopic (exact) mass is 314 g/mol. The number of methoxy groups -OCH3 is 1. The van der Waals surface area contributed by atoms with Crippen molar-refractivity contribution in [3.05, 3.63) is 34.3 Å². The molecule has 2 N–H and O–H groups in total. The molecule has 0 spiro atoms. The summed E-state index contributed by atoms with van der Waals surface area (Å²) in [5, 5.41) is 0. The maximum absolute atomic E-state index is 6.19. The summed E-state index contributed by atoms with van der Waals surface area (Å²) in [4.78, 5) is 2.30. The van der Waals surface area contributed by atoms with Crippen LogP contribution in [-0.2, 0) is 4.74 Å². The average Bonchev–Trinajstić information content (AvgIpc) is 2.36. The Morgan fingerprint density at radius 2 is 2.17 bits per heavy atom. The summed E-state index contributed by atoms with van der Waals surface area (Å²) in [5.41, 5.74) is 7.38. The number of benzene rings is 1. The summed E-state index contributed by atoms with van der Waals surface area (Å²) >= 11 is 3.47. The molecule has 1 aromatic carbocycles. The predicted octanol–water partition coefficient (Wildman–Crippen LogP) is 2.81. The van der Waals surface area contributed by atoms with Gasteiger partial charge in [0.25, 0.3) is 0 Å². The Kier molecular flexibility index (Phi) is 7.51. The normalized spacial score (nSPS) is 12.9. The minimum absolute atomic E-state index is 0.104. The third-order valence-electron chi connectivity index (χ3n) is 2.99. The van der Waals surface area contributed by atoms with Crippen molar-refractivity contribution in [1.82, 2.24) is 4.90 Å². The van der Waals surface area contributed by atoms with E-state index in [9.17, 15) is 0 Å². The van der Waals surface area contributed by atoms with Crippen molar-refractivity contribution in [1.29, 1.82) is 0 Å². The van der Waals surface area contributed by atoms with E-state index in [2.05, 4.69) is 40.0 Å². The molecule has 3 nitrogen and oxygen atoms in total. The smallest absolute Gasteiger partial charge is 0.0474 e. The van der Waals surface area contributed by atoms with Gasteiger partial charge in [0, 0.05) is 30.8 Å². The number of hydrogen-bond donors (Lipinski definition) is 1. The van der Waals surface area contributed by atoms with Gasteiger partial charge in [0.2, 0.25) is 0 Å². The molecule has 0 bridgehead atoms. The van der Waals surface area contributed by atoms with Gasteiger partial charge in [-0.05, 0) is 44.1 Å². The molecule has 0 saturated heterocycles. The van der Waals surface area contributed by atoms with E-state index in [0.717, 1.165) is 37.0 Å². The Morgan fingerprint density at radius 1 is 1.39 bits per heavy atom.